The highest BCUT2D eigenvalue weighted by atomic mass is 35.5. The molecule has 0 unspecified atom stereocenters. The summed E-state index contributed by atoms with van der Waals surface area (Å²) in [6, 6.07) is 7.63. The van der Waals surface area contributed by atoms with E-state index in [0.717, 1.165) is 0 Å². The first-order chi connectivity index (χ1) is 10.8. The van der Waals surface area contributed by atoms with Crippen molar-refractivity contribution >= 4 is 44.7 Å². The highest BCUT2D eigenvalue weighted by molar-refractivity contribution is 7.99. The maximum atomic E-state index is 13.0. The molecule has 0 saturated carbocycles. The number of thioether (sulfide) groups is 1. The monoisotopic (exact) mass is 368 g/mol. The Labute approximate surface area is 142 Å². The van der Waals surface area contributed by atoms with Crippen molar-refractivity contribution in [3.8, 4) is 0 Å². The second-order valence-electron chi connectivity index (χ2n) is 4.85. The zero-order chi connectivity index (χ0) is 16.8. The van der Waals surface area contributed by atoms with Gasteiger partial charge in [-0.05, 0) is 37.4 Å². The van der Waals surface area contributed by atoms with E-state index in [2.05, 4.69) is 10.1 Å². The maximum Gasteiger partial charge on any atom is 0.213 e. The van der Waals surface area contributed by atoms with Gasteiger partial charge in [0.25, 0.3) is 0 Å². The zero-order valence-corrected chi connectivity index (χ0v) is 14.7. The van der Waals surface area contributed by atoms with Crippen LogP contribution in [0.15, 0.2) is 45.1 Å². The van der Waals surface area contributed by atoms with Gasteiger partial charge in [-0.25, -0.2) is 13.4 Å². The summed E-state index contributed by atoms with van der Waals surface area (Å²) < 4.78 is 27.4. The Morgan fingerprint density at radius 2 is 1.91 bits per heavy atom. The van der Waals surface area contributed by atoms with Crippen molar-refractivity contribution in [1.29, 1.82) is 0 Å². The molecule has 2 heterocycles. The number of fused-ring (bicyclic) bond motifs is 1. The van der Waals surface area contributed by atoms with Crippen molar-refractivity contribution in [2.75, 3.05) is 12.0 Å². The largest absolute Gasteiger partial charge is 0.384 e. The Morgan fingerprint density at radius 1 is 1.26 bits per heavy atom. The number of sulfone groups is 1. The number of nitrogens with zero attached hydrogens (tertiary/aromatic N) is 3. The van der Waals surface area contributed by atoms with Crippen molar-refractivity contribution < 1.29 is 8.42 Å². The fraction of sp³-hybridized carbons (Fsp3) is 0.143. The van der Waals surface area contributed by atoms with Gasteiger partial charge in [0.15, 0.2) is 10.5 Å². The minimum absolute atomic E-state index is 0.0581. The van der Waals surface area contributed by atoms with E-state index in [-0.39, 0.29) is 15.4 Å². The quantitative estimate of drug-likeness (QED) is 0.715. The van der Waals surface area contributed by atoms with Crippen LogP contribution in [0, 0.1) is 6.92 Å². The number of rotatable bonds is 3. The molecule has 0 saturated heterocycles. The molecule has 0 amide bonds. The van der Waals surface area contributed by atoms with Crippen LogP contribution < -0.4 is 5.73 Å². The Kier molecular flexibility index (Phi) is 3.99. The van der Waals surface area contributed by atoms with E-state index in [4.69, 9.17) is 17.3 Å². The van der Waals surface area contributed by atoms with E-state index >= 15 is 0 Å². The summed E-state index contributed by atoms with van der Waals surface area (Å²) in [6.07, 6.45) is 1.76. The van der Waals surface area contributed by atoms with Crippen molar-refractivity contribution in [3.63, 3.8) is 0 Å². The Morgan fingerprint density at radius 3 is 2.52 bits per heavy atom. The topological polar surface area (TPSA) is 90.3 Å². The molecule has 1 aromatic carbocycles. The average molecular weight is 369 g/mol. The van der Waals surface area contributed by atoms with Gasteiger partial charge in [-0.1, -0.05) is 11.6 Å². The fourth-order valence-electron chi connectivity index (χ4n) is 2.23. The van der Waals surface area contributed by atoms with Crippen LogP contribution in [0.1, 0.15) is 5.69 Å². The van der Waals surface area contributed by atoms with Crippen molar-refractivity contribution in [2.45, 2.75) is 21.7 Å². The average Bonchev–Trinajstić information content (AvgIpc) is 2.87. The van der Waals surface area contributed by atoms with Crippen LogP contribution >= 0.6 is 23.4 Å². The van der Waals surface area contributed by atoms with Gasteiger partial charge >= 0.3 is 0 Å². The molecule has 0 spiro atoms. The molecule has 2 aromatic heterocycles. The van der Waals surface area contributed by atoms with Crippen LogP contribution in [0.3, 0.4) is 0 Å². The zero-order valence-electron chi connectivity index (χ0n) is 12.3. The van der Waals surface area contributed by atoms with Gasteiger partial charge in [-0.15, -0.1) is 11.8 Å². The van der Waals surface area contributed by atoms with E-state index in [1.54, 1.807) is 19.2 Å². The number of aromatic nitrogens is 3. The van der Waals surface area contributed by atoms with Crippen molar-refractivity contribution in [1.82, 2.24) is 14.6 Å². The van der Waals surface area contributed by atoms with Gasteiger partial charge in [0.2, 0.25) is 9.84 Å². The lowest BCUT2D eigenvalue weighted by atomic mass is 10.4. The number of hydrogen-bond donors (Lipinski definition) is 1. The summed E-state index contributed by atoms with van der Waals surface area (Å²) >= 11 is 7.07. The van der Waals surface area contributed by atoms with E-state index in [1.807, 2.05) is 0 Å². The second-order valence-corrected chi connectivity index (χ2v) is 7.97. The fourth-order valence-corrected chi connectivity index (χ4v) is 4.75. The molecular formula is C14H13ClN4O2S2. The predicted molar refractivity (Wildman–Crippen MR) is 90.8 cm³/mol. The standard InChI is InChI=1S/C14H13ClN4O2S2/c1-8-7-11(16)19-13(17-8)12(14(18-19)22-2)23(20,21)10-5-3-9(15)4-6-10/h3-7H,16H2,1-2H3. The minimum atomic E-state index is -3.80. The van der Waals surface area contributed by atoms with Crippen LogP contribution in [0.4, 0.5) is 5.82 Å². The Hall–Kier alpha value is -1.77. The summed E-state index contributed by atoms with van der Waals surface area (Å²) in [7, 11) is -3.80. The summed E-state index contributed by atoms with van der Waals surface area (Å²) in [5.41, 5.74) is 6.78. The van der Waals surface area contributed by atoms with Crippen LogP contribution in [0.5, 0.6) is 0 Å². The molecule has 3 rings (SSSR count). The molecule has 0 aliphatic carbocycles. The smallest absolute Gasteiger partial charge is 0.213 e. The highest BCUT2D eigenvalue weighted by Crippen LogP contribution is 2.33. The lowest BCUT2D eigenvalue weighted by Gasteiger charge is -2.05. The number of aryl methyl sites for hydroxylation is 1. The van der Waals surface area contributed by atoms with Crippen LogP contribution in [-0.2, 0) is 9.84 Å². The molecule has 0 atom stereocenters. The number of hydrogen-bond acceptors (Lipinski definition) is 6. The predicted octanol–water partition coefficient (Wildman–Crippen LogP) is 2.83. The molecule has 23 heavy (non-hydrogen) atoms. The van der Waals surface area contributed by atoms with Gasteiger partial charge in [-0.2, -0.15) is 9.61 Å². The summed E-state index contributed by atoms with van der Waals surface area (Å²) in [6.45, 7) is 1.75. The summed E-state index contributed by atoms with van der Waals surface area (Å²) in [5.74, 6) is 0.334. The van der Waals surface area contributed by atoms with Gasteiger partial charge in [0.05, 0.1) is 4.90 Å². The van der Waals surface area contributed by atoms with Crippen molar-refractivity contribution in [3.05, 3.63) is 41.0 Å². The second kappa shape index (κ2) is 5.70. The van der Waals surface area contributed by atoms with Gasteiger partial charge < -0.3 is 5.73 Å². The third-order valence-corrected chi connectivity index (χ3v) is 6.12. The van der Waals surface area contributed by atoms with E-state index in [1.165, 1.54) is 40.5 Å². The molecule has 9 heteroatoms. The molecule has 0 fully saturated rings. The first-order valence-corrected chi connectivity index (χ1v) is 9.63. The summed E-state index contributed by atoms with van der Waals surface area (Å²) in [5, 5.41) is 5.08. The van der Waals surface area contributed by atoms with Crippen LogP contribution in [0.25, 0.3) is 5.65 Å². The number of nitrogen functional groups attached to an aromatic ring is 1. The number of nitrogens with two attached hydrogens (primary N) is 1. The van der Waals surface area contributed by atoms with Gasteiger partial charge in [0, 0.05) is 16.8 Å². The molecule has 0 radical (unpaired) electrons. The molecule has 0 bridgehead atoms. The van der Waals surface area contributed by atoms with Crippen LogP contribution in [-0.4, -0.2) is 29.3 Å². The first-order valence-electron chi connectivity index (χ1n) is 6.55. The van der Waals surface area contributed by atoms with Crippen LogP contribution in [0.2, 0.25) is 5.02 Å². The van der Waals surface area contributed by atoms with Gasteiger partial charge in [-0.3, -0.25) is 0 Å². The third-order valence-electron chi connectivity index (χ3n) is 3.26. The normalized spacial score (nSPS) is 12.0. The number of halogens is 1. The lowest BCUT2D eigenvalue weighted by Crippen LogP contribution is -2.05. The molecule has 0 aliphatic rings. The Bertz CT molecular complexity index is 998. The maximum absolute atomic E-state index is 13.0. The Balaban J connectivity index is 2.36. The lowest BCUT2D eigenvalue weighted by molar-refractivity contribution is 0.594. The van der Waals surface area contributed by atoms with Gasteiger partial charge in [0.1, 0.15) is 10.8 Å². The van der Waals surface area contributed by atoms with E-state index in [0.29, 0.717) is 21.6 Å². The summed E-state index contributed by atoms with van der Waals surface area (Å²) in [4.78, 5) is 4.51. The molecular weight excluding hydrogens is 356 g/mol. The highest BCUT2D eigenvalue weighted by Gasteiger charge is 2.29. The van der Waals surface area contributed by atoms with E-state index < -0.39 is 9.84 Å². The molecule has 0 aliphatic heterocycles. The molecule has 6 nitrogen and oxygen atoms in total. The first kappa shape index (κ1) is 16.1. The minimum Gasteiger partial charge on any atom is -0.384 e. The number of anilines is 1. The van der Waals surface area contributed by atoms with Crippen molar-refractivity contribution in [2.24, 2.45) is 0 Å². The third kappa shape index (κ3) is 2.66. The molecule has 3 aromatic rings. The molecule has 2 N–H and O–H groups in total. The SMILES string of the molecule is CSc1nn2c(N)cc(C)nc2c1S(=O)(=O)c1ccc(Cl)cc1. The molecule has 120 valence electrons. The van der Waals surface area contributed by atoms with E-state index in [9.17, 15) is 8.42 Å². The number of benzene rings is 1.